The largest absolute Gasteiger partial charge is 0.497 e. The normalized spacial score (nSPS) is 21.8. The molecular formula is C11H15NO. The summed E-state index contributed by atoms with van der Waals surface area (Å²) >= 11 is 0. The lowest BCUT2D eigenvalue weighted by Crippen LogP contribution is -2.07. The van der Waals surface area contributed by atoms with Crippen LogP contribution in [0.15, 0.2) is 24.3 Å². The van der Waals surface area contributed by atoms with Gasteiger partial charge in [-0.15, -0.1) is 0 Å². The number of hydrogen-bond donors (Lipinski definition) is 1. The van der Waals surface area contributed by atoms with Crippen LogP contribution >= 0.6 is 0 Å². The second-order valence-corrected chi connectivity index (χ2v) is 3.47. The average molecular weight is 177 g/mol. The third-order valence-corrected chi connectivity index (χ3v) is 2.63. The lowest BCUT2D eigenvalue weighted by molar-refractivity contribution is 0.414. The zero-order valence-corrected chi connectivity index (χ0v) is 7.92. The van der Waals surface area contributed by atoms with Gasteiger partial charge >= 0.3 is 0 Å². The van der Waals surface area contributed by atoms with Gasteiger partial charge in [-0.05, 0) is 36.6 Å². The second kappa shape index (κ2) is 3.79. The molecule has 0 bridgehead atoms. The molecule has 1 aromatic rings. The summed E-state index contributed by atoms with van der Waals surface area (Å²) in [6.07, 6.45) is 1.24. The summed E-state index contributed by atoms with van der Waals surface area (Å²) in [5.74, 6) is 1.64. The van der Waals surface area contributed by atoms with Gasteiger partial charge in [-0.25, -0.2) is 0 Å². The van der Waals surface area contributed by atoms with Crippen molar-refractivity contribution >= 4 is 0 Å². The number of benzene rings is 1. The van der Waals surface area contributed by atoms with Crippen molar-refractivity contribution in [2.24, 2.45) is 0 Å². The Labute approximate surface area is 78.9 Å². The molecule has 0 aliphatic carbocycles. The molecule has 0 spiro atoms. The van der Waals surface area contributed by atoms with Crippen LogP contribution in [0.4, 0.5) is 0 Å². The fourth-order valence-electron chi connectivity index (χ4n) is 1.83. The van der Waals surface area contributed by atoms with E-state index in [0.29, 0.717) is 5.92 Å². The summed E-state index contributed by atoms with van der Waals surface area (Å²) < 4.78 is 5.19. The highest BCUT2D eigenvalue weighted by Gasteiger charge is 2.16. The van der Waals surface area contributed by atoms with Gasteiger partial charge in [0.05, 0.1) is 7.11 Å². The molecule has 2 rings (SSSR count). The maximum atomic E-state index is 5.19. The van der Waals surface area contributed by atoms with Crippen molar-refractivity contribution in [1.82, 2.24) is 5.32 Å². The van der Waals surface area contributed by atoms with E-state index < -0.39 is 0 Å². The van der Waals surface area contributed by atoms with Gasteiger partial charge in [0.15, 0.2) is 0 Å². The fourth-order valence-corrected chi connectivity index (χ4v) is 1.83. The van der Waals surface area contributed by atoms with Crippen molar-refractivity contribution in [1.29, 1.82) is 0 Å². The number of rotatable bonds is 2. The Hall–Kier alpha value is -1.02. The molecule has 70 valence electrons. The molecule has 1 atom stereocenters. The summed E-state index contributed by atoms with van der Waals surface area (Å²) in [7, 11) is 1.71. The summed E-state index contributed by atoms with van der Waals surface area (Å²) in [4.78, 5) is 0. The van der Waals surface area contributed by atoms with Crippen molar-refractivity contribution in [2.45, 2.75) is 12.3 Å². The van der Waals surface area contributed by atoms with Gasteiger partial charge in [0.1, 0.15) is 5.75 Å². The quantitative estimate of drug-likeness (QED) is 0.743. The monoisotopic (exact) mass is 177 g/mol. The minimum atomic E-state index is 0.676. The smallest absolute Gasteiger partial charge is 0.119 e. The molecule has 1 heterocycles. The predicted octanol–water partition coefficient (Wildman–Crippen LogP) is 1.77. The van der Waals surface area contributed by atoms with Crippen LogP contribution in [-0.4, -0.2) is 20.2 Å². The second-order valence-electron chi connectivity index (χ2n) is 3.47. The van der Waals surface area contributed by atoms with Crippen molar-refractivity contribution in [3.63, 3.8) is 0 Å². The van der Waals surface area contributed by atoms with Gasteiger partial charge in [0, 0.05) is 6.54 Å². The van der Waals surface area contributed by atoms with E-state index in [2.05, 4.69) is 23.5 Å². The lowest BCUT2D eigenvalue weighted by Gasteiger charge is -2.09. The van der Waals surface area contributed by atoms with Crippen LogP contribution in [0.3, 0.4) is 0 Å². The molecule has 0 saturated carbocycles. The number of methoxy groups -OCH3 is 1. The molecule has 0 aromatic heterocycles. The number of nitrogens with one attached hydrogen (secondary N) is 1. The van der Waals surface area contributed by atoms with E-state index in [1.165, 1.54) is 12.0 Å². The number of hydrogen-bond acceptors (Lipinski definition) is 2. The van der Waals surface area contributed by atoms with E-state index in [0.717, 1.165) is 18.8 Å². The van der Waals surface area contributed by atoms with Gasteiger partial charge in [-0.3, -0.25) is 0 Å². The molecule has 1 aliphatic rings. The third kappa shape index (κ3) is 1.83. The molecule has 2 heteroatoms. The van der Waals surface area contributed by atoms with Crippen LogP contribution in [0.2, 0.25) is 0 Å². The molecule has 0 amide bonds. The SMILES string of the molecule is COc1cccc([C@@H]2CCNC2)c1. The van der Waals surface area contributed by atoms with E-state index in [4.69, 9.17) is 4.74 Å². The van der Waals surface area contributed by atoms with Crippen LogP contribution in [0.1, 0.15) is 17.9 Å². The van der Waals surface area contributed by atoms with Crippen molar-refractivity contribution in [2.75, 3.05) is 20.2 Å². The van der Waals surface area contributed by atoms with E-state index in [9.17, 15) is 0 Å². The van der Waals surface area contributed by atoms with Crippen LogP contribution < -0.4 is 10.1 Å². The molecular weight excluding hydrogens is 162 g/mol. The Bertz CT molecular complexity index is 279. The third-order valence-electron chi connectivity index (χ3n) is 2.63. The minimum Gasteiger partial charge on any atom is -0.497 e. The summed E-state index contributed by atoms with van der Waals surface area (Å²) in [5.41, 5.74) is 1.39. The molecule has 1 aromatic carbocycles. The zero-order valence-electron chi connectivity index (χ0n) is 7.92. The van der Waals surface area contributed by atoms with Gasteiger partial charge in [0.25, 0.3) is 0 Å². The summed E-state index contributed by atoms with van der Waals surface area (Å²) in [6.45, 7) is 2.25. The Kier molecular flexibility index (Phi) is 2.50. The first-order chi connectivity index (χ1) is 6.40. The Morgan fingerprint density at radius 3 is 3.08 bits per heavy atom. The zero-order chi connectivity index (χ0) is 9.10. The highest BCUT2D eigenvalue weighted by atomic mass is 16.5. The molecule has 0 unspecified atom stereocenters. The molecule has 1 aliphatic heterocycles. The first-order valence-corrected chi connectivity index (χ1v) is 4.75. The topological polar surface area (TPSA) is 21.3 Å². The highest BCUT2D eigenvalue weighted by molar-refractivity contribution is 5.31. The summed E-state index contributed by atoms with van der Waals surface area (Å²) in [5, 5.41) is 3.37. The fraction of sp³-hybridized carbons (Fsp3) is 0.455. The Balaban J connectivity index is 2.18. The van der Waals surface area contributed by atoms with Crippen LogP contribution in [-0.2, 0) is 0 Å². The van der Waals surface area contributed by atoms with Gasteiger partial charge in [-0.2, -0.15) is 0 Å². The predicted molar refractivity (Wildman–Crippen MR) is 53.2 cm³/mol. The molecule has 2 nitrogen and oxygen atoms in total. The lowest BCUT2D eigenvalue weighted by atomic mass is 9.98. The van der Waals surface area contributed by atoms with E-state index in [-0.39, 0.29) is 0 Å². The molecule has 1 N–H and O–H groups in total. The molecule has 13 heavy (non-hydrogen) atoms. The minimum absolute atomic E-state index is 0.676. The molecule has 0 radical (unpaired) electrons. The average Bonchev–Trinajstić information content (AvgIpc) is 2.71. The maximum absolute atomic E-state index is 5.19. The molecule has 1 fully saturated rings. The van der Waals surface area contributed by atoms with Crippen molar-refractivity contribution < 1.29 is 4.74 Å². The Morgan fingerprint density at radius 1 is 1.46 bits per heavy atom. The molecule has 1 saturated heterocycles. The van der Waals surface area contributed by atoms with Crippen LogP contribution in [0.25, 0.3) is 0 Å². The van der Waals surface area contributed by atoms with Crippen LogP contribution in [0.5, 0.6) is 5.75 Å². The standard InChI is InChI=1S/C11H15NO/c1-13-11-4-2-3-9(7-11)10-5-6-12-8-10/h2-4,7,10,12H,5-6,8H2,1H3/t10-/m1/s1. The van der Waals surface area contributed by atoms with Gasteiger partial charge in [0.2, 0.25) is 0 Å². The van der Waals surface area contributed by atoms with Gasteiger partial charge in [-0.1, -0.05) is 12.1 Å². The van der Waals surface area contributed by atoms with E-state index >= 15 is 0 Å². The van der Waals surface area contributed by atoms with Crippen molar-refractivity contribution in [3.05, 3.63) is 29.8 Å². The maximum Gasteiger partial charge on any atom is 0.119 e. The Morgan fingerprint density at radius 2 is 2.38 bits per heavy atom. The van der Waals surface area contributed by atoms with Gasteiger partial charge < -0.3 is 10.1 Å². The first kappa shape index (κ1) is 8.57. The number of ether oxygens (including phenoxy) is 1. The van der Waals surface area contributed by atoms with Crippen molar-refractivity contribution in [3.8, 4) is 5.75 Å². The van der Waals surface area contributed by atoms with Crippen LogP contribution in [0, 0.1) is 0 Å². The van der Waals surface area contributed by atoms with E-state index in [1.807, 2.05) is 6.07 Å². The highest BCUT2D eigenvalue weighted by Crippen LogP contribution is 2.25. The summed E-state index contributed by atoms with van der Waals surface area (Å²) in [6, 6.07) is 8.37. The first-order valence-electron chi connectivity index (χ1n) is 4.75. The van der Waals surface area contributed by atoms with E-state index in [1.54, 1.807) is 7.11 Å².